The number of carbonyl (C=O) groups excluding carboxylic acids is 1. The van der Waals surface area contributed by atoms with Crippen molar-refractivity contribution in [1.29, 1.82) is 0 Å². The Bertz CT molecular complexity index is 293. The second kappa shape index (κ2) is 4.02. The van der Waals surface area contributed by atoms with Crippen molar-refractivity contribution in [2.45, 2.75) is 33.3 Å². The summed E-state index contributed by atoms with van der Waals surface area (Å²) < 4.78 is 4.98. The van der Waals surface area contributed by atoms with E-state index >= 15 is 0 Å². The smallest absolute Gasteiger partial charge is 0.361 e. The molecular formula is C8H13N3O2. The van der Waals surface area contributed by atoms with Crippen molar-refractivity contribution in [2.24, 2.45) is 0 Å². The molecule has 0 fully saturated rings. The number of esters is 1. The fraction of sp³-hybridized carbons (Fsp3) is 0.625. The van der Waals surface area contributed by atoms with Gasteiger partial charge in [0.05, 0.1) is 11.8 Å². The lowest BCUT2D eigenvalue weighted by molar-refractivity contribution is 0.0369. The van der Waals surface area contributed by atoms with E-state index in [-0.39, 0.29) is 11.8 Å². The number of carbonyl (C=O) groups is 1. The molecular weight excluding hydrogens is 170 g/mol. The quantitative estimate of drug-likeness (QED) is 0.708. The van der Waals surface area contributed by atoms with Crippen molar-refractivity contribution in [1.82, 2.24) is 15.4 Å². The van der Waals surface area contributed by atoms with Gasteiger partial charge in [-0.15, -0.1) is 5.10 Å². The van der Waals surface area contributed by atoms with Gasteiger partial charge in [-0.2, -0.15) is 0 Å². The predicted octanol–water partition coefficient (Wildman–Crippen LogP) is 0.932. The SMILES string of the molecule is CCc1[nH]nnc1C(=O)OC(C)C. The van der Waals surface area contributed by atoms with Crippen LogP contribution in [0.5, 0.6) is 0 Å². The highest BCUT2D eigenvalue weighted by atomic mass is 16.5. The highest BCUT2D eigenvalue weighted by molar-refractivity contribution is 5.88. The lowest BCUT2D eigenvalue weighted by Gasteiger charge is -2.05. The van der Waals surface area contributed by atoms with E-state index in [1.54, 1.807) is 13.8 Å². The summed E-state index contributed by atoms with van der Waals surface area (Å²) in [4.78, 5) is 11.4. The Morgan fingerprint density at radius 2 is 2.31 bits per heavy atom. The first-order valence-corrected chi connectivity index (χ1v) is 4.26. The summed E-state index contributed by atoms with van der Waals surface area (Å²) in [6, 6.07) is 0. The van der Waals surface area contributed by atoms with Gasteiger partial charge in [-0.3, -0.25) is 5.10 Å². The molecule has 0 saturated carbocycles. The van der Waals surface area contributed by atoms with Crippen LogP contribution < -0.4 is 0 Å². The molecule has 0 saturated heterocycles. The molecule has 1 aromatic heterocycles. The third-order valence-corrected chi connectivity index (χ3v) is 1.51. The monoisotopic (exact) mass is 183 g/mol. The van der Waals surface area contributed by atoms with E-state index in [2.05, 4.69) is 15.4 Å². The van der Waals surface area contributed by atoms with Crippen LogP contribution in [0.15, 0.2) is 0 Å². The highest BCUT2D eigenvalue weighted by Gasteiger charge is 2.16. The minimum absolute atomic E-state index is 0.131. The molecule has 0 atom stereocenters. The molecule has 5 heteroatoms. The van der Waals surface area contributed by atoms with E-state index in [9.17, 15) is 4.79 Å². The van der Waals surface area contributed by atoms with E-state index < -0.39 is 5.97 Å². The maximum absolute atomic E-state index is 11.4. The molecule has 72 valence electrons. The number of rotatable bonds is 3. The molecule has 0 amide bonds. The molecule has 0 aliphatic heterocycles. The molecule has 0 spiro atoms. The van der Waals surface area contributed by atoms with Gasteiger partial charge in [-0.1, -0.05) is 12.1 Å². The molecule has 1 rings (SSSR count). The third-order valence-electron chi connectivity index (χ3n) is 1.51. The van der Waals surface area contributed by atoms with Crippen LogP contribution in [-0.4, -0.2) is 27.5 Å². The first kappa shape index (κ1) is 9.70. The second-order valence-corrected chi connectivity index (χ2v) is 2.95. The van der Waals surface area contributed by atoms with Gasteiger partial charge in [0.2, 0.25) is 0 Å². The van der Waals surface area contributed by atoms with Crippen LogP contribution in [0.4, 0.5) is 0 Å². The number of aromatic nitrogens is 3. The molecule has 0 aromatic carbocycles. The number of hydrogen-bond donors (Lipinski definition) is 1. The number of nitrogens with zero attached hydrogens (tertiary/aromatic N) is 2. The topological polar surface area (TPSA) is 67.9 Å². The summed E-state index contributed by atoms with van der Waals surface area (Å²) in [6.45, 7) is 5.51. The van der Waals surface area contributed by atoms with Crippen molar-refractivity contribution in [3.63, 3.8) is 0 Å². The van der Waals surface area contributed by atoms with Gasteiger partial charge < -0.3 is 4.74 Å². The zero-order chi connectivity index (χ0) is 9.84. The van der Waals surface area contributed by atoms with Gasteiger partial charge in [0.1, 0.15) is 0 Å². The van der Waals surface area contributed by atoms with Gasteiger partial charge in [-0.25, -0.2) is 4.79 Å². The normalized spacial score (nSPS) is 10.5. The summed E-state index contributed by atoms with van der Waals surface area (Å²) in [7, 11) is 0. The largest absolute Gasteiger partial charge is 0.458 e. The molecule has 13 heavy (non-hydrogen) atoms. The van der Waals surface area contributed by atoms with Crippen molar-refractivity contribution in [2.75, 3.05) is 0 Å². The molecule has 0 bridgehead atoms. The molecule has 5 nitrogen and oxygen atoms in total. The van der Waals surface area contributed by atoms with Gasteiger partial charge in [0, 0.05) is 0 Å². The van der Waals surface area contributed by atoms with Gasteiger partial charge in [0.15, 0.2) is 5.69 Å². The first-order chi connectivity index (χ1) is 6.15. The Hall–Kier alpha value is -1.39. The maximum atomic E-state index is 11.4. The fourth-order valence-corrected chi connectivity index (χ4v) is 0.929. The second-order valence-electron chi connectivity index (χ2n) is 2.95. The Labute approximate surface area is 76.5 Å². The van der Waals surface area contributed by atoms with Gasteiger partial charge in [0.25, 0.3) is 0 Å². The zero-order valence-electron chi connectivity index (χ0n) is 8.00. The Balaban J connectivity index is 2.76. The van der Waals surface area contributed by atoms with Crippen LogP contribution in [0, 0.1) is 0 Å². The summed E-state index contributed by atoms with van der Waals surface area (Å²) in [5, 5.41) is 9.85. The van der Waals surface area contributed by atoms with Gasteiger partial charge >= 0.3 is 5.97 Å². The van der Waals surface area contributed by atoms with Crippen molar-refractivity contribution in [3.8, 4) is 0 Å². The average molecular weight is 183 g/mol. The molecule has 1 N–H and O–H groups in total. The average Bonchev–Trinajstić information content (AvgIpc) is 2.49. The van der Waals surface area contributed by atoms with Crippen LogP contribution in [0.2, 0.25) is 0 Å². The van der Waals surface area contributed by atoms with Crippen molar-refractivity contribution >= 4 is 5.97 Å². The number of aryl methyl sites for hydroxylation is 1. The predicted molar refractivity (Wildman–Crippen MR) is 46.3 cm³/mol. The zero-order valence-corrected chi connectivity index (χ0v) is 8.00. The number of hydrogen-bond acceptors (Lipinski definition) is 4. The number of ether oxygens (including phenoxy) is 1. The maximum Gasteiger partial charge on any atom is 0.361 e. The number of nitrogens with one attached hydrogen (secondary N) is 1. The molecule has 0 aliphatic rings. The minimum atomic E-state index is -0.416. The minimum Gasteiger partial charge on any atom is -0.458 e. The standard InChI is InChI=1S/C8H13N3O2/c1-4-6-7(10-11-9-6)8(12)13-5(2)3/h5H,4H2,1-3H3,(H,9,10,11). The summed E-state index contributed by atoms with van der Waals surface area (Å²) >= 11 is 0. The van der Waals surface area contributed by atoms with E-state index in [1.807, 2.05) is 6.92 Å². The molecule has 0 unspecified atom stereocenters. The summed E-state index contributed by atoms with van der Waals surface area (Å²) in [5.74, 6) is -0.416. The number of aromatic amines is 1. The van der Waals surface area contributed by atoms with Crippen LogP contribution in [-0.2, 0) is 11.2 Å². The summed E-state index contributed by atoms with van der Waals surface area (Å²) in [6.07, 6.45) is 0.559. The first-order valence-electron chi connectivity index (χ1n) is 4.26. The number of H-pyrrole nitrogens is 1. The fourth-order valence-electron chi connectivity index (χ4n) is 0.929. The van der Waals surface area contributed by atoms with Crippen molar-refractivity contribution in [3.05, 3.63) is 11.4 Å². The van der Waals surface area contributed by atoms with Crippen LogP contribution in [0.1, 0.15) is 37.0 Å². The Morgan fingerprint density at radius 1 is 1.62 bits per heavy atom. The molecule has 1 heterocycles. The lowest BCUT2D eigenvalue weighted by Crippen LogP contribution is -2.13. The Kier molecular flexibility index (Phi) is 3.00. The highest BCUT2D eigenvalue weighted by Crippen LogP contribution is 2.05. The molecule has 1 aromatic rings. The third kappa shape index (κ3) is 2.27. The van der Waals surface area contributed by atoms with E-state index in [0.717, 1.165) is 0 Å². The summed E-state index contributed by atoms with van der Waals surface area (Å²) in [5.41, 5.74) is 1.00. The molecule has 0 radical (unpaired) electrons. The molecule has 0 aliphatic carbocycles. The lowest BCUT2D eigenvalue weighted by atomic mass is 10.2. The van der Waals surface area contributed by atoms with Crippen LogP contribution in [0.25, 0.3) is 0 Å². The Morgan fingerprint density at radius 3 is 2.85 bits per heavy atom. The van der Waals surface area contributed by atoms with Crippen LogP contribution >= 0.6 is 0 Å². The van der Waals surface area contributed by atoms with E-state index in [1.165, 1.54) is 0 Å². The van der Waals surface area contributed by atoms with Gasteiger partial charge in [-0.05, 0) is 20.3 Å². The van der Waals surface area contributed by atoms with Crippen molar-refractivity contribution < 1.29 is 9.53 Å². The van der Waals surface area contributed by atoms with Crippen LogP contribution in [0.3, 0.4) is 0 Å². The van der Waals surface area contributed by atoms with E-state index in [4.69, 9.17) is 4.74 Å². The van der Waals surface area contributed by atoms with E-state index in [0.29, 0.717) is 12.1 Å².